The van der Waals surface area contributed by atoms with Crippen LogP contribution in [-0.2, 0) is 17.8 Å². The van der Waals surface area contributed by atoms with Gasteiger partial charge in [0, 0.05) is 24.9 Å². The molecule has 0 radical (unpaired) electrons. The largest absolute Gasteiger partial charge is 0.373 e. The summed E-state index contributed by atoms with van der Waals surface area (Å²) in [4.78, 5) is 4.05. The van der Waals surface area contributed by atoms with Crippen LogP contribution in [0.15, 0.2) is 54.9 Å². The van der Waals surface area contributed by atoms with Gasteiger partial charge in [0.05, 0.1) is 12.7 Å². The van der Waals surface area contributed by atoms with Crippen LogP contribution in [0, 0.1) is 5.92 Å². The second-order valence-corrected chi connectivity index (χ2v) is 5.65. The summed E-state index contributed by atoms with van der Waals surface area (Å²) >= 11 is 0. The van der Waals surface area contributed by atoms with E-state index < -0.39 is 0 Å². The Kier molecular flexibility index (Phi) is 4.98. The van der Waals surface area contributed by atoms with E-state index in [1.165, 1.54) is 11.1 Å². The van der Waals surface area contributed by atoms with Crippen molar-refractivity contribution in [3.05, 3.63) is 66.0 Å². The second-order valence-electron chi connectivity index (χ2n) is 5.65. The molecule has 1 aromatic carbocycles. The van der Waals surface area contributed by atoms with E-state index in [-0.39, 0.29) is 0 Å². The number of aromatic nitrogens is 1. The van der Waals surface area contributed by atoms with Crippen LogP contribution in [-0.4, -0.2) is 24.2 Å². The molecule has 0 unspecified atom stereocenters. The summed E-state index contributed by atoms with van der Waals surface area (Å²) in [6.07, 6.45) is 6.14. The molecular formula is C18H22N2O. The number of hydrogen-bond donors (Lipinski definition) is 1. The molecule has 3 nitrogen and oxygen atoms in total. The van der Waals surface area contributed by atoms with Crippen LogP contribution < -0.4 is 5.32 Å². The van der Waals surface area contributed by atoms with Gasteiger partial charge in [-0.05, 0) is 42.6 Å². The number of benzene rings is 1. The average molecular weight is 282 g/mol. The van der Waals surface area contributed by atoms with Crippen LogP contribution >= 0.6 is 0 Å². The van der Waals surface area contributed by atoms with E-state index in [1.807, 2.05) is 24.5 Å². The maximum absolute atomic E-state index is 6.19. The van der Waals surface area contributed by atoms with Crippen molar-refractivity contribution in [2.24, 2.45) is 5.92 Å². The molecule has 1 saturated heterocycles. The minimum Gasteiger partial charge on any atom is -0.373 e. The molecule has 1 N–H and O–H groups in total. The van der Waals surface area contributed by atoms with Crippen LogP contribution in [0.2, 0.25) is 0 Å². The lowest BCUT2D eigenvalue weighted by Crippen LogP contribution is -2.42. The van der Waals surface area contributed by atoms with Crippen molar-refractivity contribution < 1.29 is 4.74 Å². The van der Waals surface area contributed by atoms with Gasteiger partial charge in [-0.25, -0.2) is 0 Å². The van der Waals surface area contributed by atoms with Crippen LogP contribution in [0.25, 0.3) is 0 Å². The van der Waals surface area contributed by atoms with Gasteiger partial charge in [-0.1, -0.05) is 30.3 Å². The van der Waals surface area contributed by atoms with Crippen molar-refractivity contribution >= 4 is 0 Å². The van der Waals surface area contributed by atoms with Gasteiger partial charge in [0.15, 0.2) is 0 Å². The van der Waals surface area contributed by atoms with E-state index in [9.17, 15) is 0 Å². The standard InChI is InChI=1S/C18H22N2O/c1-2-4-15(5-3-1)12-17-13-20-11-8-18(17)21-14-16-6-9-19-10-7-16/h1-7,9-10,17-18,20H,8,11-14H2/t17-,18-/m0/s1. The molecule has 0 bridgehead atoms. The summed E-state index contributed by atoms with van der Waals surface area (Å²) in [6, 6.07) is 14.7. The highest BCUT2D eigenvalue weighted by molar-refractivity contribution is 5.16. The lowest BCUT2D eigenvalue weighted by molar-refractivity contribution is -0.0151. The molecular weight excluding hydrogens is 260 g/mol. The first kappa shape index (κ1) is 14.2. The van der Waals surface area contributed by atoms with E-state index in [1.54, 1.807) is 0 Å². The molecule has 0 amide bonds. The molecule has 2 atom stereocenters. The Hall–Kier alpha value is -1.71. The third-order valence-corrected chi connectivity index (χ3v) is 4.09. The number of pyridine rings is 1. The van der Waals surface area contributed by atoms with Gasteiger partial charge < -0.3 is 10.1 Å². The van der Waals surface area contributed by atoms with E-state index in [4.69, 9.17) is 4.74 Å². The van der Waals surface area contributed by atoms with Crippen molar-refractivity contribution in [3.8, 4) is 0 Å². The summed E-state index contributed by atoms with van der Waals surface area (Å²) in [7, 11) is 0. The topological polar surface area (TPSA) is 34.1 Å². The highest BCUT2D eigenvalue weighted by Gasteiger charge is 2.25. The molecule has 2 aromatic rings. The van der Waals surface area contributed by atoms with Gasteiger partial charge in [-0.15, -0.1) is 0 Å². The fourth-order valence-corrected chi connectivity index (χ4v) is 2.92. The molecule has 1 aliphatic rings. The molecule has 21 heavy (non-hydrogen) atoms. The number of hydrogen-bond acceptors (Lipinski definition) is 3. The minimum atomic E-state index is 0.333. The molecule has 1 fully saturated rings. The molecule has 1 aliphatic heterocycles. The molecule has 3 heteroatoms. The molecule has 0 saturated carbocycles. The van der Waals surface area contributed by atoms with Gasteiger partial charge in [0.25, 0.3) is 0 Å². The first-order chi connectivity index (χ1) is 10.4. The highest BCUT2D eigenvalue weighted by atomic mass is 16.5. The average Bonchev–Trinajstić information content (AvgIpc) is 2.56. The zero-order chi connectivity index (χ0) is 14.3. The quantitative estimate of drug-likeness (QED) is 0.915. The Bertz CT molecular complexity index is 529. The summed E-state index contributed by atoms with van der Waals surface area (Å²) in [5, 5.41) is 3.49. The maximum Gasteiger partial charge on any atom is 0.0721 e. The zero-order valence-corrected chi connectivity index (χ0v) is 12.2. The lowest BCUT2D eigenvalue weighted by Gasteiger charge is -2.32. The second kappa shape index (κ2) is 7.34. The normalized spacial score (nSPS) is 22.1. The minimum absolute atomic E-state index is 0.333. The van der Waals surface area contributed by atoms with Crippen LogP contribution in [0.3, 0.4) is 0 Å². The molecule has 2 heterocycles. The summed E-state index contributed by atoms with van der Waals surface area (Å²) in [5.41, 5.74) is 2.59. The molecule has 0 spiro atoms. The van der Waals surface area contributed by atoms with Gasteiger partial charge >= 0.3 is 0 Å². The van der Waals surface area contributed by atoms with E-state index in [0.29, 0.717) is 18.6 Å². The summed E-state index contributed by atoms with van der Waals surface area (Å²) in [5.74, 6) is 0.544. The molecule has 110 valence electrons. The summed E-state index contributed by atoms with van der Waals surface area (Å²) in [6.45, 7) is 2.76. The van der Waals surface area contributed by atoms with E-state index in [2.05, 4.69) is 40.6 Å². The Morgan fingerprint density at radius 2 is 1.86 bits per heavy atom. The van der Waals surface area contributed by atoms with Crippen molar-refractivity contribution in [1.29, 1.82) is 0 Å². The number of nitrogens with one attached hydrogen (secondary N) is 1. The third kappa shape index (κ3) is 4.13. The Morgan fingerprint density at radius 3 is 2.67 bits per heavy atom. The van der Waals surface area contributed by atoms with Crippen molar-refractivity contribution in [3.63, 3.8) is 0 Å². The van der Waals surface area contributed by atoms with Gasteiger partial charge in [0.2, 0.25) is 0 Å². The summed E-state index contributed by atoms with van der Waals surface area (Å²) < 4.78 is 6.19. The number of ether oxygens (including phenoxy) is 1. The lowest BCUT2D eigenvalue weighted by atomic mass is 9.89. The van der Waals surface area contributed by atoms with Crippen LogP contribution in [0.4, 0.5) is 0 Å². The SMILES string of the molecule is c1ccc(C[C@H]2CNCC[C@@H]2OCc2ccncc2)cc1. The first-order valence-corrected chi connectivity index (χ1v) is 7.67. The zero-order valence-electron chi connectivity index (χ0n) is 12.2. The molecule has 3 rings (SSSR count). The Labute approximate surface area is 126 Å². The fraction of sp³-hybridized carbons (Fsp3) is 0.389. The smallest absolute Gasteiger partial charge is 0.0721 e. The van der Waals surface area contributed by atoms with Crippen LogP contribution in [0.5, 0.6) is 0 Å². The molecule has 0 aliphatic carbocycles. The maximum atomic E-state index is 6.19. The fourth-order valence-electron chi connectivity index (χ4n) is 2.92. The highest BCUT2D eigenvalue weighted by Crippen LogP contribution is 2.21. The predicted octanol–water partition coefficient (Wildman–Crippen LogP) is 2.82. The van der Waals surface area contributed by atoms with E-state index in [0.717, 1.165) is 25.9 Å². The third-order valence-electron chi connectivity index (χ3n) is 4.09. The predicted molar refractivity (Wildman–Crippen MR) is 83.9 cm³/mol. The van der Waals surface area contributed by atoms with Crippen LogP contribution in [0.1, 0.15) is 17.5 Å². The number of rotatable bonds is 5. The van der Waals surface area contributed by atoms with Crippen molar-refractivity contribution in [1.82, 2.24) is 10.3 Å². The van der Waals surface area contributed by atoms with Crippen molar-refractivity contribution in [2.75, 3.05) is 13.1 Å². The monoisotopic (exact) mass is 282 g/mol. The number of piperidine rings is 1. The van der Waals surface area contributed by atoms with Gasteiger partial charge in [0.1, 0.15) is 0 Å². The van der Waals surface area contributed by atoms with Gasteiger partial charge in [-0.2, -0.15) is 0 Å². The Balaban J connectivity index is 1.59. The van der Waals surface area contributed by atoms with Crippen molar-refractivity contribution in [2.45, 2.75) is 25.6 Å². The number of nitrogens with zero attached hydrogens (tertiary/aromatic N) is 1. The Morgan fingerprint density at radius 1 is 1.05 bits per heavy atom. The molecule has 1 aromatic heterocycles. The van der Waals surface area contributed by atoms with Gasteiger partial charge in [-0.3, -0.25) is 4.98 Å². The van der Waals surface area contributed by atoms with E-state index >= 15 is 0 Å². The first-order valence-electron chi connectivity index (χ1n) is 7.67.